The molecule has 1 unspecified atom stereocenters. The van der Waals surface area contributed by atoms with Gasteiger partial charge in [0, 0.05) is 6.61 Å². The first kappa shape index (κ1) is 11.6. The third-order valence-electron chi connectivity index (χ3n) is 2.31. The van der Waals surface area contributed by atoms with Crippen LogP contribution in [0.3, 0.4) is 0 Å². The summed E-state index contributed by atoms with van der Waals surface area (Å²) in [5.41, 5.74) is 0. The lowest BCUT2D eigenvalue weighted by molar-refractivity contribution is -0.112. The lowest BCUT2D eigenvalue weighted by Gasteiger charge is -2.28. The van der Waals surface area contributed by atoms with Gasteiger partial charge in [-0.1, -0.05) is 0 Å². The van der Waals surface area contributed by atoms with Gasteiger partial charge >= 0.3 is 0 Å². The smallest absolute Gasteiger partial charge is 0.145 e. The van der Waals surface area contributed by atoms with E-state index in [9.17, 15) is 4.79 Å². The molecule has 14 heavy (non-hydrogen) atoms. The molecular formula is C10H17O4. The normalized spacial score (nSPS) is 22.6. The molecule has 4 nitrogen and oxygen atoms in total. The van der Waals surface area contributed by atoms with Crippen LogP contribution in [0.4, 0.5) is 0 Å². The zero-order chi connectivity index (χ0) is 10.2. The molecule has 1 atom stereocenters. The first-order valence-electron chi connectivity index (χ1n) is 4.97. The van der Waals surface area contributed by atoms with E-state index in [4.69, 9.17) is 14.6 Å². The van der Waals surface area contributed by atoms with Crippen LogP contribution in [0.25, 0.3) is 0 Å². The van der Waals surface area contributed by atoms with Gasteiger partial charge in [0.1, 0.15) is 12.9 Å². The molecule has 0 aromatic heterocycles. The summed E-state index contributed by atoms with van der Waals surface area (Å²) in [6.07, 6.45) is 3.88. The Hall–Kier alpha value is -0.450. The van der Waals surface area contributed by atoms with Gasteiger partial charge in [-0.3, -0.25) is 0 Å². The van der Waals surface area contributed by atoms with E-state index < -0.39 is 0 Å². The van der Waals surface area contributed by atoms with E-state index in [0.29, 0.717) is 12.9 Å². The maximum Gasteiger partial charge on any atom is 0.145 e. The van der Waals surface area contributed by atoms with E-state index in [1.54, 1.807) is 0 Å². The quantitative estimate of drug-likeness (QED) is 0.497. The van der Waals surface area contributed by atoms with Crippen molar-refractivity contribution >= 4 is 6.29 Å². The number of rotatable bonds is 6. The fourth-order valence-corrected chi connectivity index (χ4v) is 1.54. The van der Waals surface area contributed by atoms with Gasteiger partial charge in [0.15, 0.2) is 0 Å². The zero-order valence-electron chi connectivity index (χ0n) is 8.28. The number of aliphatic hydroxyl groups is 1. The minimum Gasteiger partial charge on any atom is -0.396 e. The summed E-state index contributed by atoms with van der Waals surface area (Å²) in [5.74, 6) is 0.839. The molecular weight excluding hydrogens is 184 g/mol. The van der Waals surface area contributed by atoms with Crippen molar-refractivity contribution in [2.45, 2.75) is 25.4 Å². The molecule has 0 aliphatic carbocycles. The van der Waals surface area contributed by atoms with Gasteiger partial charge < -0.3 is 19.4 Å². The van der Waals surface area contributed by atoms with E-state index in [0.717, 1.165) is 31.8 Å². The number of ether oxygens (including phenoxy) is 2. The Bertz CT molecular complexity index is 154. The summed E-state index contributed by atoms with van der Waals surface area (Å²) in [6.45, 7) is 1.13. The van der Waals surface area contributed by atoms with Crippen LogP contribution < -0.4 is 0 Å². The van der Waals surface area contributed by atoms with Crippen LogP contribution in [0.2, 0.25) is 0 Å². The summed E-state index contributed by atoms with van der Waals surface area (Å²) in [5, 5.41) is 9.09. The fraction of sp³-hybridized carbons (Fsp3) is 0.800. The third-order valence-corrected chi connectivity index (χ3v) is 2.31. The molecule has 0 spiro atoms. The average Bonchev–Trinajstić information content (AvgIpc) is 2.26. The van der Waals surface area contributed by atoms with Crippen LogP contribution in [0.15, 0.2) is 0 Å². The number of hydrogen-bond acceptors (Lipinski definition) is 4. The Kier molecular flexibility index (Phi) is 5.75. The van der Waals surface area contributed by atoms with Gasteiger partial charge in [0.25, 0.3) is 0 Å². The minimum absolute atomic E-state index is 0.0143. The van der Waals surface area contributed by atoms with Gasteiger partial charge in [0.2, 0.25) is 0 Å². The number of aliphatic hydroxyl groups excluding tert-OH is 1. The van der Waals surface area contributed by atoms with Crippen molar-refractivity contribution in [2.75, 3.05) is 26.4 Å². The van der Waals surface area contributed by atoms with Crippen molar-refractivity contribution < 1.29 is 19.4 Å². The monoisotopic (exact) mass is 201 g/mol. The minimum atomic E-state index is -0.0243. The van der Waals surface area contributed by atoms with Crippen molar-refractivity contribution in [2.24, 2.45) is 0 Å². The molecule has 0 aromatic rings. The largest absolute Gasteiger partial charge is 0.396 e. The molecule has 1 aliphatic rings. The second kappa shape index (κ2) is 6.92. The van der Waals surface area contributed by atoms with Crippen molar-refractivity contribution in [1.82, 2.24) is 0 Å². The highest BCUT2D eigenvalue weighted by Crippen LogP contribution is 2.21. The Labute approximate surface area is 84.2 Å². The highest BCUT2D eigenvalue weighted by Gasteiger charge is 2.24. The maximum absolute atomic E-state index is 10.0. The summed E-state index contributed by atoms with van der Waals surface area (Å²) < 4.78 is 10.5. The van der Waals surface area contributed by atoms with E-state index in [1.165, 1.54) is 0 Å². The standard InChI is InChI=1S/C10H17O4/c11-4-6-13-8-9(7-12)10-3-1-2-5-14-10/h4,10,12H,1-3,5-8H2. The van der Waals surface area contributed by atoms with Crippen LogP contribution in [-0.4, -0.2) is 43.9 Å². The van der Waals surface area contributed by atoms with Crippen molar-refractivity contribution in [3.8, 4) is 0 Å². The van der Waals surface area contributed by atoms with Gasteiger partial charge in [0.05, 0.1) is 25.2 Å². The second-order valence-corrected chi connectivity index (χ2v) is 3.35. The summed E-state index contributed by atoms with van der Waals surface area (Å²) in [4.78, 5) is 10.0. The van der Waals surface area contributed by atoms with Gasteiger partial charge in [-0.15, -0.1) is 0 Å². The molecule has 1 saturated heterocycles. The third kappa shape index (κ3) is 3.74. The summed E-state index contributed by atoms with van der Waals surface area (Å²) in [6, 6.07) is 0. The fourth-order valence-electron chi connectivity index (χ4n) is 1.54. The van der Waals surface area contributed by atoms with E-state index in [-0.39, 0.29) is 19.3 Å². The Balaban J connectivity index is 2.24. The predicted molar refractivity (Wildman–Crippen MR) is 50.8 cm³/mol. The first-order chi connectivity index (χ1) is 6.88. The van der Waals surface area contributed by atoms with Gasteiger partial charge in [-0.05, 0) is 19.3 Å². The second-order valence-electron chi connectivity index (χ2n) is 3.35. The summed E-state index contributed by atoms with van der Waals surface area (Å²) >= 11 is 0. The molecule has 1 rings (SSSR count). The zero-order valence-corrected chi connectivity index (χ0v) is 8.28. The SMILES string of the molecule is O=CCOC[C](CO)C1CCCCO1. The maximum atomic E-state index is 10.0. The molecule has 81 valence electrons. The van der Waals surface area contributed by atoms with E-state index in [2.05, 4.69) is 0 Å². The average molecular weight is 201 g/mol. The molecule has 0 saturated carbocycles. The van der Waals surface area contributed by atoms with E-state index in [1.807, 2.05) is 0 Å². The Morgan fingerprint density at radius 2 is 2.43 bits per heavy atom. The lowest BCUT2D eigenvalue weighted by Crippen LogP contribution is -2.31. The van der Waals surface area contributed by atoms with Crippen LogP contribution in [-0.2, 0) is 14.3 Å². The molecule has 1 heterocycles. The summed E-state index contributed by atoms with van der Waals surface area (Å²) in [7, 11) is 0. The number of hydrogen-bond donors (Lipinski definition) is 1. The molecule has 0 bridgehead atoms. The molecule has 1 radical (unpaired) electrons. The van der Waals surface area contributed by atoms with Crippen molar-refractivity contribution in [3.05, 3.63) is 5.92 Å². The lowest BCUT2D eigenvalue weighted by atomic mass is 9.97. The molecule has 1 N–H and O–H groups in total. The molecule has 0 aromatic carbocycles. The topological polar surface area (TPSA) is 55.8 Å². The van der Waals surface area contributed by atoms with Gasteiger partial charge in [-0.2, -0.15) is 0 Å². The van der Waals surface area contributed by atoms with Crippen molar-refractivity contribution in [1.29, 1.82) is 0 Å². The molecule has 1 fully saturated rings. The number of aldehydes is 1. The molecule has 4 heteroatoms. The van der Waals surface area contributed by atoms with Crippen LogP contribution in [0.1, 0.15) is 19.3 Å². The highest BCUT2D eigenvalue weighted by molar-refractivity contribution is 5.50. The predicted octanol–water partition coefficient (Wildman–Crippen LogP) is 0.338. The number of carbonyl (C=O) groups excluding carboxylic acids is 1. The Morgan fingerprint density at radius 3 is 3.00 bits per heavy atom. The van der Waals surface area contributed by atoms with Crippen LogP contribution in [0, 0.1) is 5.92 Å². The van der Waals surface area contributed by atoms with Crippen LogP contribution >= 0.6 is 0 Å². The van der Waals surface area contributed by atoms with Crippen LogP contribution in [0.5, 0.6) is 0 Å². The molecule has 0 amide bonds. The number of carbonyl (C=O) groups is 1. The van der Waals surface area contributed by atoms with Gasteiger partial charge in [-0.25, -0.2) is 0 Å². The van der Waals surface area contributed by atoms with Crippen molar-refractivity contribution in [3.63, 3.8) is 0 Å². The molecule has 1 aliphatic heterocycles. The van der Waals surface area contributed by atoms with E-state index >= 15 is 0 Å². The highest BCUT2D eigenvalue weighted by atomic mass is 16.5. The Morgan fingerprint density at radius 1 is 1.57 bits per heavy atom. The first-order valence-corrected chi connectivity index (χ1v) is 4.97.